The maximum absolute atomic E-state index is 14.2. The summed E-state index contributed by atoms with van der Waals surface area (Å²) < 4.78 is 37.7. The zero-order valence-electron chi connectivity index (χ0n) is 12.7. The fourth-order valence-electron chi connectivity index (χ4n) is 2.11. The summed E-state index contributed by atoms with van der Waals surface area (Å²) in [5, 5.41) is 9.96. The van der Waals surface area contributed by atoms with Crippen LogP contribution >= 0.6 is 0 Å². The van der Waals surface area contributed by atoms with Gasteiger partial charge in [0.25, 0.3) is 0 Å². The molecule has 2 rings (SSSR count). The average Bonchev–Trinajstić information content (AvgIpc) is 2.50. The SMILES string of the molecule is COc1ccc(Cc2c(O)cc(COC(C)=O)cc2F)c(F)c1. The number of hydrogen-bond donors (Lipinski definition) is 1. The van der Waals surface area contributed by atoms with Gasteiger partial charge >= 0.3 is 5.97 Å². The summed E-state index contributed by atoms with van der Waals surface area (Å²) in [6, 6.07) is 6.67. The lowest BCUT2D eigenvalue weighted by molar-refractivity contribution is -0.142. The molecule has 0 fully saturated rings. The smallest absolute Gasteiger partial charge is 0.302 e. The van der Waals surface area contributed by atoms with Gasteiger partial charge in [0.1, 0.15) is 29.7 Å². The summed E-state index contributed by atoms with van der Waals surface area (Å²) >= 11 is 0. The van der Waals surface area contributed by atoms with E-state index in [1.807, 2.05) is 0 Å². The molecule has 0 aliphatic rings. The van der Waals surface area contributed by atoms with Gasteiger partial charge in [-0.2, -0.15) is 0 Å². The van der Waals surface area contributed by atoms with Gasteiger partial charge in [-0.15, -0.1) is 0 Å². The van der Waals surface area contributed by atoms with Crippen molar-refractivity contribution in [1.82, 2.24) is 0 Å². The van der Waals surface area contributed by atoms with E-state index >= 15 is 0 Å². The van der Waals surface area contributed by atoms with E-state index in [9.17, 15) is 18.7 Å². The summed E-state index contributed by atoms with van der Waals surface area (Å²) in [5.74, 6) is -1.71. The quantitative estimate of drug-likeness (QED) is 0.858. The maximum Gasteiger partial charge on any atom is 0.302 e. The van der Waals surface area contributed by atoms with Gasteiger partial charge in [0, 0.05) is 25.0 Å². The van der Waals surface area contributed by atoms with Gasteiger partial charge in [-0.1, -0.05) is 6.07 Å². The molecule has 0 bridgehead atoms. The fourth-order valence-corrected chi connectivity index (χ4v) is 2.11. The molecule has 6 heteroatoms. The first kappa shape index (κ1) is 16.7. The van der Waals surface area contributed by atoms with Crippen LogP contribution in [0.5, 0.6) is 11.5 Å². The van der Waals surface area contributed by atoms with Crippen molar-refractivity contribution in [2.75, 3.05) is 7.11 Å². The number of hydrogen-bond acceptors (Lipinski definition) is 4. The normalized spacial score (nSPS) is 10.4. The minimum atomic E-state index is -0.692. The lowest BCUT2D eigenvalue weighted by Crippen LogP contribution is -2.02. The van der Waals surface area contributed by atoms with Gasteiger partial charge in [-0.3, -0.25) is 4.79 Å². The van der Waals surface area contributed by atoms with Crippen LogP contribution in [0.3, 0.4) is 0 Å². The van der Waals surface area contributed by atoms with Crippen molar-refractivity contribution >= 4 is 5.97 Å². The minimum absolute atomic E-state index is 0.0272. The van der Waals surface area contributed by atoms with Crippen molar-refractivity contribution in [2.24, 2.45) is 0 Å². The largest absolute Gasteiger partial charge is 0.508 e. The van der Waals surface area contributed by atoms with Crippen molar-refractivity contribution < 1.29 is 28.2 Å². The predicted molar refractivity (Wildman–Crippen MR) is 79.3 cm³/mol. The molecule has 23 heavy (non-hydrogen) atoms. The van der Waals surface area contributed by atoms with Crippen molar-refractivity contribution in [3.05, 3.63) is 58.7 Å². The Morgan fingerprint density at radius 3 is 2.48 bits per heavy atom. The third-order valence-corrected chi connectivity index (χ3v) is 3.30. The van der Waals surface area contributed by atoms with Crippen LogP contribution in [0.15, 0.2) is 30.3 Å². The summed E-state index contributed by atoms with van der Waals surface area (Å²) in [7, 11) is 1.42. The lowest BCUT2D eigenvalue weighted by atomic mass is 10.0. The number of carbonyl (C=O) groups is 1. The van der Waals surface area contributed by atoms with Crippen LogP contribution in [0.2, 0.25) is 0 Å². The van der Waals surface area contributed by atoms with E-state index in [0.29, 0.717) is 11.3 Å². The van der Waals surface area contributed by atoms with Crippen molar-refractivity contribution in [3.63, 3.8) is 0 Å². The summed E-state index contributed by atoms with van der Waals surface area (Å²) in [4.78, 5) is 10.8. The molecule has 0 aromatic heterocycles. The molecule has 0 radical (unpaired) electrons. The molecule has 0 aliphatic carbocycles. The second-order valence-electron chi connectivity index (χ2n) is 4.99. The topological polar surface area (TPSA) is 55.8 Å². The summed E-state index contributed by atoms with van der Waals surface area (Å²) in [6.45, 7) is 1.09. The number of ether oxygens (including phenoxy) is 2. The first-order valence-corrected chi connectivity index (χ1v) is 6.86. The zero-order valence-corrected chi connectivity index (χ0v) is 12.7. The van der Waals surface area contributed by atoms with Crippen LogP contribution in [0.4, 0.5) is 8.78 Å². The highest BCUT2D eigenvalue weighted by Crippen LogP contribution is 2.27. The first-order valence-electron chi connectivity index (χ1n) is 6.86. The predicted octanol–water partition coefficient (Wildman–Crippen LogP) is 3.33. The first-order chi connectivity index (χ1) is 10.9. The Morgan fingerprint density at radius 1 is 1.17 bits per heavy atom. The van der Waals surface area contributed by atoms with Gasteiger partial charge in [0.05, 0.1) is 7.11 Å². The van der Waals surface area contributed by atoms with Gasteiger partial charge in [-0.05, 0) is 29.3 Å². The van der Waals surface area contributed by atoms with Crippen LogP contribution in [-0.2, 0) is 22.6 Å². The molecule has 0 atom stereocenters. The molecule has 0 saturated heterocycles. The van der Waals surface area contributed by atoms with Crippen LogP contribution < -0.4 is 4.74 Å². The van der Waals surface area contributed by atoms with Crippen LogP contribution in [0, 0.1) is 11.6 Å². The Morgan fingerprint density at radius 2 is 1.91 bits per heavy atom. The molecule has 1 N–H and O–H groups in total. The van der Waals surface area contributed by atoms with E-state index in [2.05, 4.69) is 0 Å². The number of phenols is 1. The second-order valence-corrected chi connectivity index (χ2v) is 4.99. The number of benzene rings is 2. The average molecular weight is 322 g/mol. The summed E-state index contributed by atoms with van der Waals surface area (Å²) in [6.07, 6.45) is -0.110. The lowest BCUT2D eigenvalue weighted by Gasteiger charge is -2.11. The number of aromatic hydroxyl groups is 1. The molecule has 0 aliphatic heterocycles. The molecule has 0 unspecified atom stereocenters. The number of rotatable bonds is 5. The molecular formula is C17H16F2O4. The van der Waals surface area contributed by atoms with E-state index in [-0.39, 0.29) is 29.9 Å². The number of methoxy groups -OCH3 is 1. The molecule has 0 amide bonds. The third-order valence-electron chi connectivity index (χ3n) is 3.30. The van der Waals surface area contributed by atoms with Gasteiger partial charge in [-0.25, -0.2) is 8.78 Å². The van der Waals surface area contributed by atoms with E-state index in [4.69, 9.17) is 9.47 Å². The van der Waals surface area contributed by atoms with E-state index in [1.165, 1.54) is 32.2 Å². The standard InChI is InChI=1S/C17H16F2O4/c1-10(20)23-9-11-5-16(19)14(17(21)6-11)7-12-3-4-13(22-2)8-15(12)18/h3-6,8,21H,7,9H2,1-2H3. The van der Waals surface area contributed by atoms with Crippen molar-refractivity contribution in [2.45, 2.75) is 20.0 Å². The van der Waals surface area contributed by atoms with E-state index in [1.54, 1.807) is 6.07 Å². The number of halogens is 2. The van der Waals surface area contributed by atoms with Crippen LogP contribution in [0.1, 0.15) is 23.6 Å². The Hall–Kier alpha value is -2.63. The highest BCUT2D eigenvalue weighted by molar-refractivity contribution is 5.65. The van der Waals surface area contributed by atoms with E-state index < -0.39 is 17.6 Å². The second kappa shape index (κ2) is 7.09. The fraction of sp³-hybridized carbons (Fsp3) is 0.235. The van der Waals surface area contributed by atoms with Crippen molar-refractivity contribution in [3.8, 4) is 11.5 Å². The van der Waals surface area contributed by atoms with Crippen LogP contribution in [-0.4, -0.2) is 18.2 Å². The molecule has 2 aromatic carbocycles. The number of phenolic OH excluding ortho intramolecular Hbond substituents is 1. The number of esters is 1. The highest BCUT2D eigenvalue weighted by Gasteiger charge is 2.14. The van der Waals surface area contributed by atoms with Crippen molar-refractivity contribution in [1.29, 1.82) is 0 Å². The molecule has 4 nitrogen and oxygen atoms in total. The van der Waals surface area contributed by atoms with Gasteiger partial charge in [0.15, 0.2) is 0 Å². The Kier molecular flexibility index (Phi) is 5.16. The highest BCUT2D eigenvalue weighted by atomic mass is 19.1. The molecular weight excluding hydrogens is 306 g/mol. The molecule has 2 aromatic rings. The van der Waals surface area contributed by atoms with E-state index in [0.717, 1.165) is 6.07 Å². The molecule has 122 valence electrons. The molecule has 0 heterocycles. The number of carbonyl (C=O) groups excluding carboxylic acids is 1. The Labute approximate surface area is 132 Å². The summed E-state index contributed by atoms with van der Waals surface area (Å²) in [5.41, 5.74) is 0.516. The van der Waals surface area contributed by atoms with Gasteiger partial charge < -0.3 is 14.6 Å². The zero-order chi connectivity index (χ0) is 17.0. The Bertz CT molecular complexity index is 706. The third kappa shape index (κ3) is 4.18. The van der Waals surface area contributed by atoms with Crippen LogP contribution in [0.25, 0.3) is 0 Å². The Balaban J connectivity index is 2.25. The minimum Gasteiger partial charge on any atom is -0.508 e. The molecule has 0 saturated carbocycles. The molecule has 0 spiro atoms. The monoisotopic (exact) mass is 322 g/mol. The van der Waals surface area contributed by atoms with Gasteiger partial charge in [0.2, 0.25) is 0 Å². The maximum atomic E-state index is 14.2.